The Labute approximate surface area is 203 Å². The molecule has 0 bridgehead atoms. The highest BCUT2D eigenvalue weighted by Gasteiger charge is 2.29. The van der Waals surface area contributed by atoms with Crippen LogP contribution in [-0.4, -0.2) is 78.6 Å². The summed E-state index contributed by atoms with van der Waals surface area (Å²) in [5, 5.41) is 0. The van der Waals surface area contributed by atoms with Gasteiger partial charge < -0.3 is 24.0 Å². The monoisotopic (exact) mass is 482 g/mol. The molecule has 184 valence electrons. The molecule has 1 aliphatic heterocycles. The quantitative estimate of drug-likeness (QED) is 0.561. The van der Waals surface area contributed by atoms with Crippen LogP contribution in [0.15, 0.2) is 48.5 Å². The van der Waals surface area contributed by atoms with Crippen LogP contribution in [0, 0.1) is 18.6 Å². The summed E-state index contributed by atoms with van der Waals surface area (Å²) < 4.78 is 35.4. The number of nitrogens with zero attached hydrogens (tertiary/aromatic N) is 4. The molecule has 7 nitrogen and oxygen atoms in total. The minimum absolute atomic E-state index is 0.0898. The maximum Gasteiger partial charge on any atom is 0.319 e. The Morgan fingerprint density at radius 3 is 2.11 bits per heavy atom. The number of ether oxygens (including phenoxy) is 1. The first kappa shape index (κ1) is 24.3. The van der Waals surface area contributed by atoms with Crippen LogP contribution in [0.1, 0.15) is 16.1 Å². The Kier molecular flexibility index (Phi) is 6.77. The zero-order valence-electron chi connectivity index (χ0n) is 20.2. The minimum Gasteiger partial charge on any atom is -0.497 e. The molecule has 3 aromatic rings. The maximum absolute atomic E-state index is 14.9. The van der Waals surface area contributed by atoms with Crippen LogP contribution in [0.5, 0.6) is 5.75 Å². The van der Waals surface area contributed by atoms with Crippen molar-refractivity contribution in [3.8, 4) is 22.7 Å². The number of halogens is 2. The lowest BCUT2D eigenvalue weighted by molar-refractivity contribution is 0.0649. The van der Waals surface area contributed by atoms with E-state index in [0.717, 1.165) is 11.6 Å². The van der Waals surface area contributed by atoms with Gasteiger partial charge in [-0.3, -0.25) is 4.79 Å². The van der Waals surface area contributed by atoms with Gasteiger partial charge in [-0.15, -0.1) is 0 Å². The zero-order valence-corrected chi connectivity index (χ0v) is 20.2. The molecule has 0 atom stereocenters. The molecule has 1 saturated heterocycles. The second-order valence-corrected chi connectivity index (χ2v) is 8.64. The van der Waals surface area contributed by atoms with Gasteiger partial charge >= 0.3 is 6.03 Å². The average molecular weight is 483 g/mol. The highest BCUT2D eigenvalue weighted by molar-refractivity contribution is 5.97. The first-order valence-electron chi connectivity index (χ1n) is 11.3. The van der Waals surface area contributed by atoms with Crippen LogP contribution in [0.25, 0.3) is 16.9 Å². The number of benzene rings is 2. The van der Waals surface area contributed by atoms with Crippen LogP contribution in [0.4, 0.5) is 13.6 Å². The van der Waals surface area contributed by atoms with Gasteiger partial charge in [0.15, 0.2) is 0 Å². The van der Waals surface area contributed by atoms with E-state index >= 15 is 0 Å². The van der Waals surface area contributed by atoms with Crippen molar-refractivity contribution in [2.75, 3.05) is 47.4 Å². The van der Waals surface area contributed by atoms with Gasteiger partial charge in [-0.2, -0.15) is 0 Å². The fraction of sp³-hybridized carbons (Fsp3) is 0.308. The summed E-state index contributed by atoms with van der Waals surface area (Å²) in [5.41, 5.74) is 2.46. The summed E-state index contributed by atoms with van der Waals surface area (Å²) >= 11 is 0. The van der Waals surface area contributed by atoms with Crippen molar-refractivity contribution in [2.45, 2.75) is 6.92 Å². The smallest absolute Gasteiger partial charge is 0.319 e. The number of methoxy groups -OCH3 is 1. The summed E-state index contributed by atoms with van der Waals surface area (Å²) in [6, 6.07) is 12.2. The van der Waals surface area contributed by atoms with Gasteiger partial charge in [0.1, 0.15) is 17.4 Å². The van der Waals surface area contributed by atoms with Gasteiger partial charge in [0.2, 0.25) is 0 Å². The van der Waals surface area contributed by atoms with Crippen molar-refractivity contribution in [1.29, 1.82) is 0 Å². The van der Waals surface area contributed by atoms with E-state index in [2.05, 4.69) is 0 Å². The summed E-state index contributed by atoms with van der Waals surface area (Å²) in [6.07, 6.45) is 0. The molecular formula is C26H28F2N4O3. The minimum atomic E-state index is -0.728. The fourth-order valence-corrected chi connectivity index (χ4v) is 4.32. The molecule has 4 rings (SSSR count). The number of aromatic nitrogens is 1. The zero-order chi connectivity index (χ0) is 25.3. The molecule has 35 heavy (non-hydrogen) atoms. The van der Waals surface area contributed by atoms with E-state index < -0.39 is 11.6 Å². The molecule has 1 fully saturated rings. The van der Waals surface area contributed by atoms with Crippen molar-refractivity contribution in [3.63, 3.8) is 0 Å². The van der Waals surface area contributed by atoms with Gasteiger partial charge in [-0.05, 0) is 55.0 Å². The highest BCUT2D eigenvalue weighted by atomic mass is 19.1. The van der Waals surface area contributed by atoms with Crippen LogP contribution in [0.3, 0.4) is 0 Å². The Bertz CT molecular complexity index is 1250. The number of hydrogen-bond acceptors (Lipinski definition) is 3. The van der Waals surface area contributed by atoms with Crippen molar-refractivity contribution < 1.29 is 23.1 Å². The lowest BCUT2D eigenvalue weighted by Gasteiger charge is -2.36. The predicted octanol–water partition coefficient (Wildman–Crippen LogP) is 4.18. The second-order valence-electron chi connectivity index (χ2n) is 8.64. The van der Waals surface area contributed by atoms with Crippen LogP contribution in [0.2, 0.25) is 0 Å². The van der Waals surface area contributed by atoms with Crippen molar-refractivity contribution in [2.24, 2.45) is 0 Å². The fourth-order valence-electron chi connectivity index (χ4n) is 4.32. The Morgan fingerprint density at radius 1 is 0.914 bits per heavy atom. The van der Waals surface area contributed by atoms with E-state index in [4.69, 9.17) is 4.74 Å². The number of carbonyl (C=O) groups excluding carboxylic acids is 2. The molecule has 2 aromatic carbocycles. The first-order chi connectivity index (χ1) is 16.7. The summed E-state index contributed by atoms with van der Waals surface area (Å²) in [4.78, 5) is 30.7. The summed E-state index contributed by atoms with van der Waals surface area (Å²) in [5.74, 6) is -0.940. The molecule has 9 heteroatoms. The topological polar surface area (TPSA) is 58.0 Å². The van der Waals surface area contributed by atoms with Crippen LogP contribution in [-0.2, 0) is 0 Å². The molecule has 1 aliphatic rings. The molecule has 2 heterocycles. The SMILES string of the molecule is COc1ccc(-c2cc(C(=O)N3CCN(C(=O)N(C)C)CC3)c(C)n2-c2ccc(F)cc2F)cc1. The van der Waals surface area contributed by atoms with E-state index in [9.17, 15) is 18.4 Å². The predicted molar refractivity (Wildman–Crippen MR) is 129 cm³/mol. The van der Waals surface area contributed by atoms with Crippen LogP contribution >= 0.6 is 0 Å². The molecule has 0 spiro atoms. The van der Waals surface area contributed by atoms with E-state index in [1.165, 1.54) is 17.0 Å². The first-order valence-corrected chi connectivity index (χ1v) is 11.3. The third-order valence-corrected chi connectivity index (χ3v) is 6.23. The molecular weight excluding hydrogens is 454 g/mol. The van der Waals surface area contributed by atoms with Gasteiger partial charge in [0.25, 0.3) is 5.91 Å². The second kappa shape index (κ2) is 9.77. The molecule has 0 unspecified atom stereocenters. The van der Waals surface area contributed by atoms with Crippen molar-refractivity contribution >= 4 is 11.9 Å². The van der Waals surface area contributed by atoms with Gasteiger partial charge in [-0.25, -0.2) is 13.6 Å². The molecule has 1 aromatic heterocycles. The summed E-state index contributed by atoms with van der Waals surface area (Å²) in [7, 11) is 4.96. The third kappa shape index (κ3) is 4.71. The Morgan fingerprint density at radius 2 is 1.54 bits per heavy atom. The van der Waals surface area contributed by atoms with Gasteiger partial charge in [0.05, 0.1) is 24.1 Å². The van der Waals surface area contributed by atoms with E-state index in [0.29, 0.717) is 48.9 Å². The molecule has 3 amide bonds. The molecule has 0 saturated carbocycles. The van der Waals surface area contributed by atoms with Crippen molar-refractivity contribution in [1.82, 2.24) is 19.3 Å². The number of rotatable bonds is 4. The normalized spacial score (nSPS) is 13.7. The number of amides is 3. The van der Waals surface area contributed by atoms with E-state index in [-0.39, 0.29) is 17.6 Å². The molecule has 0 N–H and O–H groups in total. The number of hydrogen-bond donors (Lipinski definition) is 0. The van der Waals surface area contributed by atoms with E-state index in [1.807, 2.05) is 12.1 Å². The van der Waals surface area contributed by atoms with E-state index in [1.54, 1.807) is 60.7 Å². The van der Waals surface area contributed by atoms with Gasteiger partial charge in [0, 0.05) is 52.0 Å². The lowest BCUT2D eigenvalue weighted by Crippen LogP contribution is -2.52. The Hall–Kier alpha value is -3.88. The van der Waals surface area contributed by atoms with Crippen molar-refractivity contribution in [3.05, 3.63) is 71.4 Å². The third-order valence-electron chi connectivity index (χ3n) is 6.23. The number of piperazine rings is 1. The highest BCUT2D eigenvalue weighted by Crippen LogP contribution is 2.32. The summed E-state index contributed by atoms with van der Waals surface area (Å²) in [6.45, 7) is 3.40. The standard InChI is InChI=1S/C26H28F2N4O3/c1-17-21(25(33)30-11-13-31(14-12-30)26(34)29(2)3)16-24(18-5-8-20(35-4)9-6-18)32(17)23-10-7-19(27)15-22(23)28/h5-10,15-16H,11-14H2,1-4H3. The largest absolute Gasteiger partial charge is 0.497 e. The Balaban J connectivity index is 1.72. The molecule has 0 aliphatic carbocycles. The maximum atomic E-state index is 14.9. The van der Waals surface area contributed by atoms with Gasteiger partial charge in [-0.1, -0.05) is 0 Å². The molecule has 0 radical (unpaired) electrons. The average Bonchev–Trinajstić information content (AvgIpc) is 3.20. The number of carbonyl (C=O) groups is 2. The lowest BCUT2D eigenvalue weighted by atomic mass is 10.1. The van der Waals surface area contributed by atoms with Crippen LogP contribution < -0.4 is 4.74 Å². The number of urea groups is 1.